The maximum absolute atomic E-state index is 12.5. The van der Waals surface area contributed by atoms with Crippen molar-refractivity contribution < 1.29 is 23.7 Å². The highest BCUT2D eigenvalue weighted by molar-refractivity contribution is 5.74. The Kier molecular flexibility index (Phi) is 5.64. The van der Waals surface area contributed by atoms with Gasteiger partial charge in [-0.1, -0.05) is 19.1 Å². The molecule has 2 heterocycles. The van der Waals surface area contributed by atoms with Crippen LogP contribution in [0.15, 0.2) is 36.4 Å². The van der Waals surface area contributed by atoms with Gasteiger partial charge in [-0.3, -0.25) is 0 Å². The van der Waals surface area contributed by atoms with E-state index in [1.165, 1.54) is 0 Å². The highest BCUT2D eigenvalue weighted by atomic mass is 16.7. The predicted octanol–water partition coefficient (Wildman–Crippen LogP) is 3.40. The Hall–Kier alpha value is -3.09. The fraction of sp³-hybridized carbons (Fsp3) is 0.409. The Balaban J connectivity index is 1.49. The van der Waals surface area contributed by atoms with E-state index in [2.05, 4.69) is 10.6 Å². The van der Waals surface area contributed by atoms with Crippen molar-refractivity contribution in [2.45, 2.75) is 45.2 Å². The molecule has 0 aromatic heterocycles. The number of amides is 2. The number of carbonyl (C=O) groups excluding carboxylic acids is 1. The molecule has 2 aromatic carbocycles. The molecule has 154 valence electrons. The summed E-state index contributed by atoms with van der Waals surface area (Å²) in [5.74, 6) is 2.99. The first-order valence-corrected chi connectivity index (χ1v) is 9.95. The predicted molar refractivity (Wildman–Crippen MR) is 108 cm³/mol. The number of benzene rings is 2. The molecule has 7 heteroatoms. The summed E-state index contributed by atoms with van der Waals surface area (Å²) in [5, 5.41) is 6.10. The van der Waals surface area contributed by atoms with Gasteiger partial charge >= 0.3 is 6.03 Å². The average Bonchev–Trinajstić information content (AvgIpc) is 3.35. The van der Waals surface area contributed by atoms with Crippen molar-refractivity contribution in [1.82, 2.24) is 10.6 Å². The summed E-state index contributed by atoms with van der Waals surface area (Å²) in [6.07, 6.45) is 2.21. The molecular weight excluding hydrogens is 372 g/mol. The lowest BCUT2D eigenvalue weighted by atomic mass is 9.98. The molecule has 2 aromatic rings. The molecule has 4 rings (SSSR count). The van der Waals surface area contributed by atoms with Crippen molar-refractivity contribution >= 4 is 6.03 Å². The standard InChI is InChI=1S/C22H26N2O5/c1-3-14(2)23-22(25)24-17(8-15-4-6-18-20(10-15)28-12-26-18)9-16-5-7-19-21(11-16)29-13-27-19/h4-7,10-11,14,17H,3,8-9,12-13H2,1-2H3,(H2,23,24,25). The van der Waals surface area contributed by atoms with Crippen LogP contribution in [0.1, 0.15) is 31.4 Å². The van der Waals surface area contributed by atoms with Crippen LogP contribution in [0.4, 0.5) is 4.79 Å². The Labute approximate surface area is 170 Å². The zero-order valence-corrected chi connectivity index (χ0v) is 16.7. The van der Waals surface area contributed by atoms with Crippen LogP contribution in [-0.4, -0.2) is 31.7 Å². The van der Waals surface area contributed by atoms with E-state index in [9.17, 15) is 4.79 Å². The van der Waals surface area contributed by atoms with E-state index < -0.39 is 0 Å². The van der Waals surface area contributed by atoms with Gasteiger partial charge in [-0.2, -0.15) is 0 Å². The minimum Gasteiger partial charge on any atom is -0.454 e. The maximum Gasteiger partial charge on any atom is 0.315 e. The zero-order valence-electron chi connectivity index (χ0n) is 16.7. The van der Waals surface area contributed by atoms with Gasteiger partial charge in [0.2, 0.25) is 13.6 Å². The van der Waals surface area contributed by atoms with E-state index in [0.717, 1.165) is 40.5 Å². The second kappa shape index (κ2) is 8.51. The summed E-state index contributed by atoms with van der Waals surface area (Å²) in [6.45, 7) is 4.52. The summed E-state index contributed by atoms with van der Waals surface area (Å²) in [7, 11) is 0. The topological polar surface area (TPSA) is 78.1 Å². The zero-order chi connectivity index (χ0) is 20.2. The molecule has 2 amide bonds. The highest BCUT2D eigenvalue weighted by Crippen LogP contribution is 2.34. The SMILES string of the molecule is CCC(C)NC(=O)NC(Cc1ccc2c(c1)OCO2)Cc1ccc2c(c1)OCO2. The lowest BCUT2D eigenvalue weighted by Gasteiger charge is -2.21. The molecule has 2 N–H and O–H groups in total. The van der Waals surface area contributed by atoms with Gasteiger partial charge in [0.25, 0.3) is 0 Å². The average molecular weight is 398 g/mol. The maximum atomic E-state index is 12.5. The lowest BCUT2D eigenvalue weighted by Crippen LogP contribution is -2.46. The van der Waals surface area contributed by atoms with Crippen LogP contribution in [0.25, 0.3) is 0 Å². The highest BCUT2D eigenvalue weighted by Gasteiger charge is 2.20. The fourth-order valence-electron chi connectivity index (χ4n) is 3.43. The molecule has 0 bridgehead atoms. The number of carbonyl (C=O) groups is 1. The molecule has 1 atom stereocenters. The van der Waals surface area contributed by atoms with E-state index in [-0.39, 0.29) is 31.7 Å². The van der Waals surface area contributed by atoms with E-state index in [1.807, 2.05) is 50.2 Å². The minimum atomic E-state index is -0.161. The van der Waals surface area contributed by atoms with Crippen molar-refractivity contribution in [2.24, 2.45) is 0 Å². The second-order valence-electron chi connectivity index (χ2n) is 7.41. The van der Waals surface area contributed by atoms with Gasteiger partial charge in [0, 0.05) is 12.1 Å². The molecule has 7 nitrogen and oxygen atoms in total. The first-order valence-electron chi connectivity index (χ1n) is 9.95. The molecule has 2 aliphatic rings. The van der Waals surface area contributed by atoms with Crippen molar-refractivity contribution in [2.75, 3.05) is 13.6 Å². The summed E-state index contributed by atoms with van der Waals surface area (Å²) >= 11 is 0. The van der Waals surface area contributed by atoms with E-state index in [1.54, 1.807) is 0 Å². The summed E-state index contributed by atoms with van der Waals surface area (Å²) in [4.78, 5) is 12.5. The van der Waals surface area contributed by atoms with Crippen LogP contribution < -0.4 is 29.6 Å². The van der Waals surface area contributed by atoms with Crippen LogP contribution in [0, 0.1) is 0 Å². The van der Waals surface area contributed by atoms with Gasteiger partial charge in [0.05, 0.1) is 0 Å². The molecular formula is C22H26N2O5. The number of rotatable bonds is 7. The number of ether oxygens (including phenoxy) is 4. The minimum absolute atomic E-state index is 0.0974. The smallest absolute Gasteiger partial charge is 0.315 e. The third kappa shape index (κ3) is 4.67. The Morgan fingerprint density at radius 2 is 1.38 bits per heavy atom. The molecule has 0 radical (unpaired) electrons. The van der Waals surface area contributed by atoms with Crippen molar-refractivity contribution in [3.05, 3.63) is 47.5 Å². The number of fused-ring (bicyclic) bond motifs is 2. The molecule has 29 heavy (non-hydrogen) atoms. The number of urea groups is 1. The quantitative estimate of drug-likeness (QED) is 0.748. The van der Waals surface area contributed by atoms with Gasteiger partial charge in [0.1, 0.15) is 0 Å². The van der Waals surface area contributed by atoms with Crippen LogP contribution in [0.5, 0.6) is 23.0 Å². The number of nitrogens with one attached hydrogen (secondary N) is 2. The molecule has 0 saturated heterocycles. The summed E-state index contributed by atoms with van der Waals surface area (Å²) in [6, 6.07) is 11.6. The number of hydrogen-bond donors (Lipinski definition) is 2. The number of hydrogen-bond acceptors (Lipinski definition) is 5. The summed E-state index contributed by atoms with van der Waals surface area (Å²) in [5.41, 5.74) is 2.15. The molecule has 0 spiro atoms. The Bertz CT molecular complexity index is 826. The van der Waals surface area contributed by atoms with Crippen LogP contribution in [-0.2, 0) is 12.8 Å². The largest absolute Gasteiger partial charge is 0.454 e. The Morgan fingerprint density at radius 1 is 0.862 bits per heavy atom. The molecule has 0 fully saturated rings. The third-order valence-corrected chi connectivity index (χ3v) is 5.16. The second-order valence-corrected chi connectivity index (χ2v) is 7.41. The van der Waals surface area contributed by atoms with Crippen LogP contribution >= 0.6 is 0 Å². The lowest BCUT2D eigenvalue weighted by molar-refractivity contribution is 0.173. The van der Waals surface area contributed by atoms with Crippen molar-refractivity contribution in [3.63, 3.8) is 0 Å². The van der Waals surface area contributed by atoms with Crippen molar-refractivity contribution in [1.29, 1.82) is 0 Å². The normalized spacial score (nSPS) is 14.7. The molecule has 1 unspecified atom stereocenters. The van der Waals surface area contributed by atoms with Gasteiger partial charge in [-0.15, -0.1) is 0 Å². The monoisotopic (exact) mass is 398 g/mol. The third-order valence-electron chi connectivity index (χ3n) is 5.16. The van der Waals surface area contributed by atoms with E-state index >= 15 is 0 Å². The van der Waals surface area contributed by atoms with Crippen LogP contribution in [0.2, 0.25) is 0 Å². The first kappa shape index (κ1) is 19.2. The first-order chi connectivity index (χ1) is 14.1. The van der Waals surface area contributed by atoms with E-state index in [4.69, 9.17) is 18.9 Å². The van der Waals surface area contributed by atoms with E-state index in [0.29, 0.717) is 12.8 Å². The Morgan fingerprint density at radius 3 is 1.90 bits per heavy atom. The van der Waals surface area contributed by atoms with Crippen LogP contribution in [0.3, 0.4) is 0 Å². The summed E-state index contributed by atoms with van der Waals surface area (Å²) < 4.78 is 21.7. The van der Waals surface area contributed by atoms with Gasteiger partial charge in [0.15, 0.2) is 23.0 Å². The fourth-order valence-corrected chi connectivity index (χ4v) is 3.43. The van der Waals surface area contributed by atoms with Gasteiger partial charge in [-0.25, -0.2) is 4.79 Å². The molecule has 2 aliphatic heterocycles. The van der Waals surface area contributed by atoms with Crippen molar-refractivity contribution in [3.8, 4) is 23.0 Å². The molecule has 0 aliphatic carbocycles. The van der Waals surface area contributed by atoms with Gasteiger partial charge < -0.3 is 29.6 Å². The van der Waals surface area contributed by atoms with Gasteiger partial charge in [-0.05, 0) is 61.6 Å². The molecule has 0 saturated carbocycles.